The van der Waals surface area contributed by atoms with E-state index in [2.05, 4.69) is 5.32 Å². The molecule has 0 saturated carbocycles. The van der Waals surface area contributed by atoms with Crippen molar-refractivity contribution in [3.63, 3.8) is 0 Å². The van der Waals surface area contributed by atoms with E-state index < -0.39 is 10.7 Å². The third-order valence-corrected chi connectivity index (χ3v) is 4.55. The minimum Gasteiger partial charge on any atom is -0.362 e. The highest BCUT2D eigenvalue weighted by molar-refractivity contribution is 14.1. The van der Waals surface area contributed by atoms with Crippen molar-refractivity contribution in [2.24, 2.45) is 0 Å². The van der Waals surface area contributed by atoms with E-state index >= 15 is 0 Å². The molecule has 0 radical (unpaired) electrons. The summed E-state index contributed by atoms with van der Waals surface area (Å²) in [6.45, 7) is 5.56. The van der Waals surface area contributed by atoms with Crippen molar-refractivity contribution < 1.29 is 9.31 Å². The Morgan fingerprint density at radius 2 is 2.29 bits per heavy atom. The molecule has 116 valence electrons. The van der Waals surface area contributed by atoms with Gasteiger partial charge in [0.05, 0.1) is 8.49 Å². The van der Waals surface area contributed by atoms with Crippen LogP contribution in [0.25, 0.3) is 0 Å². The van der Waals surface area contributed by atoms with Crippen LogP contribution in [0, 0.1) is 19.5 Å². The minimum atomic E-state index is -0.436. The molecule has 21 heavy (non-hydrogen) atoms. The molecule has 1 fully saturated rings. The SMILES string of the molecule is CC(C)N(CC1CCCN1)c1cc(F)c(I)cc1[N+](=O)[O-]. The predicted molar refractivity (Wildman–Crippen MR) is 89.3 cm³/mol. The van der Waals surface area contributed by atoms with Gasteiger partial charge >= 0.3 is 0 Å². The second-order valence-electron chi connectivity index (χ2n) is 5.55. The molecule has 1 aromatic rings. The second-order valence-corrected chi connectivity index (χ2v) is 6.71. The maximum Gasteiger partial charge on any atom is 0.293 e. The van der Waals surface area contributed by atoms with Crippen molar-refractivity contribution >= 4 is 34.0 Å². The fraction of sp³-hybridized carbons (Fsp3) is 0.571. The normalized spacial score (nSPS) is 18.2. The first kappa shape index (κ1) is 16.4. The summed E-state index contributed by atoms with van der Waals surface area (Å²) in [6.07, 6.45) is 2.16. The summed E-state index contributed by atoms with van der Waals surface area (Å²) >= 11 is 1.78. The molecule has 1 heterocycles. The molecule has 1 aliphatic rings. The largest absolute Gasteiger partial charge is 0.362 e. The van der Waals surface area contributed by atoms with Crippen molar-refractivity contribution in [1.82, 2.24) is 5.32 Å². The van der Waals surface area contributed by atoms with Crippen LogP contribution in [0.5, 0.6) is 0 Å². The zero-order chi connectivity index (χ0) is 15.6. The summed E-state index contributed by atoms with van der Waals surface area (Å²) in [5, 5.41) is 14.7. The Morgan fingerprint density at radius 3 is 2.81 bits per heavy atom. The van der Waals surface area contributed by atoms with E-state index in [0.717, 1.165) is 19.4 Å². The summed E-state index contributed by atoms with van der Waals surface area (Å²) < 4.78 is 14.2. The molecule has 7 heteroatoms. The quantitative estimate of drug-likeness (QED) is 0.463. The summed E-state index contributed by atoms with van der Waals surface area (Å²) in [5.41, 5.74) is 0.328. The Kier molecular flexibility index (Phi) is 5.37. The fourth-order valence-corrected chi connectivity index (χ4v) is 3.09. The van der Waals surface area contributed by atoms with Gasteiger partial charge in [0, 0.05) is 30.8 Å². The molecule has 0 bridgehead atoms. The van der Waals surface area contributed by atoms with Gasteiger partial charge in [0.1, 0.15) is 11.5 Å². The lowest BCUT2D eigenvalue weighted by molar-refractivity contribution is -0.384. The number of nitrogens with one attached hydrogen (secondary N) is 1. The molecular formula is C14H19FIN3O2. The Balaban J connectivity index is 2.38. The van der Waals surface area contributed by atoms with Gasteiger partial charge in [0.2, 0.25) is 0 Å². The maximum atomic E-state index is 13.9. The van der Waals surface area contributed by atoms with Crippen LogP contribution in [0.15, 0.2) is 12.1 Å². The summed E-state index contributed by atoms with van der Waals surface area (Å²) in [6, 6.07) is 2.96. The molecule has 0 aliphatic carbocycles. The highest BCUT2D eigenvalue weighted by atomic mass is 127. The molecule has 1 atom stereocenters. The van der Waals surface area contributed by atoms with Gasteiger partial charge in [0.25, 0.3) is 5.69 Å². The molecule has 0 amide bonds. The Bertz CT molecular complexity index is 533. The maximum absolute atomic E-state index is 13.9. The molecule has 5 nitrogen and oxygen atoms in total. The van der Waals surface area contributed by atoms with Gasteiger partial charge in [-0.2, -0.15) is 0 Å². The number of benzene rings is 1. The Hall–Kier alpha value is -0.960. The average molecular weight is 407 g/mol. The topological polar surface area (TPSA) is 58.4 Å². The van der Waals surface area contributed by atoms with Crippen LogP contribution in [0.2, 0.25) is 0 Å². The van der Waals surface area contributed by atoms with Gasteiger partial charge in [0.15, 0.2) is 0 Å². The van der Waals surface area contributed by atoms with Gasteiger partial charge in [-0.3, -0.25) is 10.1 Å². The minimum absolute atomic E-state index is 0.0347. The highest BCUT2D eigenvalue weighted by Crippen LogP contribution is 2.33. The number of nitro benzene ring substituents is 1. The van der Waals surface area contributed by atoms with E-state index in [1.54, 1.807) is 22.6 Å². The number of hydrogen-bond donors (Lipinski definition) is 1. The highest BCUT2D eigenvalue weighted by Gasteiger charge is 2.27. The number of nitro groups is 1. The molecule has 1 saturated heterocycles. The van der Waals surface area contributed by atoms with Gasteiger partial charge in [-0.1, -0.05) is 0 Å². The standard InChI is InChI=1S/C14H19FIN3O2/c1-9(2)18(8-10-4-3-5-17-10)13-6-11(15)12(16)7-14(13)19(20)21/h6-7,9-10,17H,3-5,8H2,1-2H3. The molecule has 1 unspecified atom stereocenters. The zero-order valence-corrected chi connectivity index (χ0v) is 14.3. The van der Waals surface area contributed by atoms with Crippen LogP contribution in [0.1, 0.15) is 26.7 Å². The molecule has 0 aromatic heterocycles. The first-order valence-electron chi connectivity index (χ1n) is 7.03. The van der Waals surface area contributed by atoms with Gasteiger partial charge < -0.3 is 10.2 Å². The third kappa shape index (κ3) is 3.82. The van der Waals surface area contributed by atoms with Crippen molar-refractivity contribution in [3.05, 3.63) is 31.6 Å². The Labute approximate surface area is 137 Å². The average Bonchev–Trinajstić information content (AvgIpc) is 2.91. The van der Waals surface area contributed by atoms with Crippen molar-refractivity contribution in [2.45, 2.75) is 38.8 Å². The van der Waals surface area contributed by atoms with Crippen LogP contribution < -0.4 is 10.2 Å². The monoisotopic (exact) mass is 407 g/mol. The van der Waals surface area contributed by atoms with Gasteiger partial charge in [-0.15, -0.1) is 0 Å². The van der Waals surface area contributed by atoms with E-state index in [0.29, 0.717) is 18.3 Å². The molecule has 0 spiro atoms. The molecular weight excluding hydrogens is 388 g/mol. The van der Waals surface area contributed by atoms with Crippen molar-refractivity contribution in [3.8, 4) is 0 Å². The second kappa shape index (κ2) is 6.87. The third-order valence-electron chi connectivity index (χ3n) is 3.73. The smallest absolute Gasteiger partial charge is 0.293 e. The van der Waals surface area contributed by atoms with Crippen molar-refractivity contribution in [1.29, 1.82) is 0 Å². The summed E-state index contributed by atoms with van der Waals surface area (Å²) in [5.74, 6) is -0.416. The number of nitrogens with zero attached hydrogens (tertiary/aromatic N) is 2. The summed E-state index contributed by atoms with van der Waals surface area (Å²) in [7, 11) is 0. The number of hydrogen-bond acceptors (Lipinski definition) is 4. The van der Waals surface area contributed by atoms with Crippen molar-refractivity contribution in [2.75, 3.05) is 18.0 Å². The lowest BCUT2D eigenvalue weighted by Gasteiger charge is -2.31. The number of rotatable bonds is 5. The fourth-order valence-electron chi connectivity index (χ4n) is 2.64. The van der Waals surface area contributed by atoms with Crippen LogP contribution in [0.4, 0.5) is 15.8 Å². The Morgan fingerprint density at radius 1 is 1.57 bits per heavy atom. The molecule has 1 aromatic carbocycles. The molecule has 1 aliphatic heterocycles. The van der Waals surface area contributed by atoms with E-state index in [-0.39, 0.29) is 15.3 Å². The van der Waals surface area contributed by atoms with Gasteiger partial charge in [-0.25, -0.2) is 4.39 Å². The first-order chi connectivity index (χ1) is 9.90. The lowest BCUT2D eigenvalue weighted by atomic mass is 10.1. The predicted octanol–water partition coefficient (Wildman–Crippen LogP) is 3.31. The van der Waals surface area contributed by atoms with E-state index in [1.807, 2.05) is 18.7 Å². The van der Waals surface area contributed by atoms with E-state index in [4.69, 9.17) is 0 Å². The zero-order valence-electron chi connectivity index (χ0n) is 12.1. The van der Waals surface area contributed by atoms with E-state index in [1.165, 1.54) is 12.1 Å². The van der Waals surface area contributed by atoms with Crippen LogP contribution >= 0.6 is 22.6 Å². The van der Waals surface area contributed by atoms with Crippen LogP contribution in [-0.2, 0) is 0 Å². The van der Waals surface area contributed by atoms with Gasteiger partial charge in [-0.05, 0) is 55.8 Å². The van der Waals surface area contributed by atoms with E-state index in [9.17, 15) is 14.5 Å². The first-order valence-corrected chi connectivity index (χ1v) is 8.11. The summed E-state index contributed by atoms with van der Waals surface area (Å²) in [4.78, 5) is 12.8. The molecule has 2 rings (SSSR count). The van der Waals surface area contributed by atoms with Crippen LogP contribution in [0.3, 0.4) is 0 Å². The van der Waals surface area contributed by atoms with Crippen LogP contribution in [-0.4, -0.2) is 30.1 Å². The molecule has 1 N–H and O–H groups in total. The lowest BCUT2D eigenvalue weighted by Crippen LogP contribution is -2.41. The number of halogens is 2. The number of anilines is 1.